The van der Waals surface area contributed by atoms with Crippen LogP contribution in [0.5, 0.6) is 0 Å². The fraction of sp³-hybridized carbons (Fsp3) is 0.474. The molecule has 7 nitrogen and oxygen atoms in total. The van der Waals surface area contributed by atoms with E-state index in [0.29, 0.717) is 26.2 Å². The van der Waals surface area contributed by atoms with Crippen LogP contribution < -0.4 is 4.90 Å². The summed E-state index contributed by atoms with van der Waals surface area (Å²) >= 11 is 1.47. The van der Waals surface area contributed by atoms with Gasteiger partial charge in [0.2, 0.25) is 5.91 Å². The molecule has 2 aliphatic rings. The molecule has 0 N–H and O–H groups in total. The van der Waals surface area contributed by atoms with Crippen molar-refractivity contribution in [3.8, 4) is 0 Å². The highest BCUT2D eigenvalue weighted by Crippen LogP contribution is 2.23. The van der Waals surface area contributed by atoms with Crippen molar-refractivity contribution in [3.05, 3.63) is 41.0 Å². The third-order valence-corrected chi connectivity index (χ3v) is 6.19. The number of hydrogen-bond donors (Lipinski definition) is 0. The normalized spacial score (nSPS) is 18.6. The fourth-order valence-corrected chi connectivity index (χ4v) is 4.45. The standard InChI is InChI=1S/C19H23N5O2S/c25-18(24-11-9-22(10-12-24)17-14-20-5-6-21-17)15-3-7-23(8-4-15)19(26)16-2-1-13-27-16/h1-2,5-6,13-15H,3-4,7-12H2. The Hall–Kier alpha value is -2.48. The second-order valence-corrected chi connectivity index (χ2v) is 7.87. The van der Waals surface area contributed by atoms with Gasteiger partial charge >= 0.3 is 0 Å². The smallest absolute Gasteiger partial charge is 0.263 e. The molecule has 2 aromatic heterocycles. The summed E-state index contributed by atoms with van der Waals surface area (Å²) in [5, 5.41) is 1.92. The average molecular weight is 385 g/mol. The zero-order valence-corrected chi connectivity index (χ0v) is 16.0. The molecule has 0 bridgehead atoms. The summed E-state index contributed by atoms with van der Waals surface area (Å²) in [5.41, 5.74) is 0. The minimum atomic E-state index is 0.0282. The molecule has 0 aliphatic carbocycles. The molecule has 0 spiro atoms. The molecule has 2 saturated heterocycles. The van der Waals surface area contributed by atoms with Crippen LogP contribution >= 0.6 is 11.3 Å². The number of likely N-dealkylation sites (tertiary alicyclic amines) is 1. The van der Waals surface area contributed by atoms with Crippen LogP contribution in [0, 0.1) is 5.92 Å². The predicted molar refractivity (Wildman–Crippen MR) is 104 cm³/mol. The molecular weight excluding hydrogens is 362 g/mol. The lowest BCUT2D eigenvalue weighted by atomic mass is 9.95. The summed E-state index contributed by atoms with van der Waals surface area (Å²) in [5.74, 6) is 1.22. The van der Waals surface area contributed by atoms with E-state index in [1.807, 2.05) is 27.3 Å². The molecule has 8 heteroatoms. The minimum absolute atomic E-state index is 0.0282. The van der Waals surface area contributed by atoms with Gasteiger partial charge in [-0.2, -0.15) is 0 Å². The van der Waals surface area contributed by atoms with E-state index < -0.39 is 0 Å². The number of rotatable bonds is 3. The molecule has 4 rings (SSSR count). The van der Waals surface area contributed by atoms with Crippen molar-refractivity contribution in [1.82, 2.24) is 19.8 Å². The van der Waals surface area contributed by atoms with Gasteiger partial charge in [-0.25, -0.2) is 4.98 Å². The number of nitrogens with zero attached hydrogens (tertiary/aromatic N) is 5. The number of anilines is 1. The van der Waals surface area contributed by atoms with Crippen LogP contribution in [-0.4, -0.2) is 70.9 Å². The highest BCUT2D eigenvalue weighted by Gasteiger charge is 2.32. The molecule has 2 aromatic rings. The van der Waals surface area contributed by atoms with Gasteiger partial charge in [-0.05, 0) is 24.3 Å². The summed E-state index contributed by atoms with van der Waals surface area (Å²) in [6.45, 7) is 4.30. The van der Waals surface area contributed by atoms with E-state index in [2.05, 4.69) is 14.9 Å². The number of piperidine rings is 1. The summed E-state index contributed by atoms with van der Waals surface area (Å²) in [6.07, 6.45) is 6.62. The first-order valence-electron chi connectivity index (χ1n) is 9.35. The van der Waals surface area contributed by atoms with Crippen LogP contribution in [0.25, 0.3) is 0 Å². The SMILES string of the molecule is O=C(c1cccs1)N1CCC(C(=O)N2CCN(c3cnccn3)CC2)CC1. The van der Waals surface area contributed by atoms with Crippen LogP contribution in [0.2, 0.25) is 0 Å². The van der Waals surface area contributed by atoms with Crippen molar-refractivity contribution in [3.63, 3.8) is 0 Å². The van der Waals surface area contributed by atoms with Crippen molar-refractivity contribution in [2.45, 2.75) is 12.8 Å². The van der Waals surface area contributed by atoms with E-state index in [1.54, 1.807) is 18.6 Å². The van der Waals surface area contributed by atoms with Gasteiger partial charge in [0.25, 0.3) is 5.91 Å². The van der Waals surface area contributed by atoms with Gasteiger partial charge in [-0.3, -0.25) is 14.6 Å². The molecule has 0 radical (unpaired) electrons. The van der Waals surface area contributed by atoms with Gasteiger partial charge in [-0.1, -0.05) is 6.07 Å². The van der Waals surface area contributed by atoms with E-state index in [1.165, 1.54) is 11.3 Å². The summed E-state index contributed by atoms with van der Waals surface area (Å²) in [6, 6.07) is 3.76. The van der Waals surface area contributed by atoms with Crippen molar-refractivity contribution in [2.24, 2.45) is 5.92 Å². The van der Waals surface area contributed by atoms with E-state index >= 15 is 0 Å². The minimum Gasteiger partial charge on any atom is -0.352 e. The fourth-order valence-electron chi connectivity index (χ4n) is 3.75. The number of piperazine rings is 1. The zero-order valence-electron chi connectivity index (χ0n) is 15.2. The van der Waals surface area contributed by atoms with Gasteiger partial charge < -0.3 is 14.7 Å². The van der Waals surface area contributed by atoms with Crippen LogP contribution in [0.4, 0.5) is 5.82 Å². The van der Waals surface area contributed by atoms with Gasteiger partial charge in [0.05, 0.1) is 11.1 Å². The third-order valence-electron chi connectivity index (χ3n) is 5.33. The van der Waals surface area contributed by atoms with E-state index in [-0.39, 0.29) is 17.7 Å². The molecule has 0 aromatic carbocycles. The molecule has 2 aliphatic heterocycles. The summed E-state index contributed by atoms with van der Waals surface area (Å²) < 4.78 is 0. The molecule has 142 valence electrons. The highest BCUT2D eigenvalue weighted by atomic mass is 32.1. The van der Waals surface area contributed by atoms with Crippen molar-refractivity contribution in [2.75, 3.05) is 44.2 Å². The summed E-state index contributed by atoms with van der Waals surface area (Å²) in [7, 11) is 0. The molecule has 2 amide bonds. The number of carbonyl (C=O) groups is 2. The van der Waals surface area contributed by atoms with Crippen LogP contribution in [0.1, 0.15) is 22.5 Å². The van der Waals surface area contributed by atoms with E-state index in [9.17, 15) is 9.59 Å². The topological polar surface area (TPSA) is 69.6 Å². The van der Waals surface area contributed by atoms with Gasteiger partial charge in [0.15, 0.2) is 0 Å². The molecular formula is C19H23N5O2S. The Balaban J connectivity index is 1.27. The van der Waals surface area contributed by atoms with Crippen LogP contribution in [0.15, 0.2) is 36.1 Å². The third kappa shape index (κ3) is 3.95. The first-order chi connectivity index (χ1) is 13.2. The predicted octanol–water partition coefficient (Wildman–Crippen LogP) is 1.74. The van der Waals surface area contributed by atoms with Crippen molar-refractivity contribution >= 4 is 29.0 Å². The number of hydrogen-bond acceptors (Lipinski definition) is 6. The van der Waals surface area contributed by atoms with E-state index in [0.717, 1.165) is 36.6 Å². The van der Waals surface area contributed by atoms with Crippen molar-refractivity contribution in [1.29, 1.82) is 0 Å². The first kappa shape index (κ1) is 17.9. The van der Waals surface area contributed by atoms with Gasteiger partial charge in [-0.15, -0.1) is 11.3 Å². The van der Waals surface area contributed by atoms with Crippen LogP contribution in [0.3, 0.4) is 0 Å². The average Bonchev–Trinajstić information content (AvgIpc) is 3.28. The Bertz CT molecular complexity index is 767. The Morgan fingerprint density at radius 3 is 2.41 bits per heavy atom. The van der Waals surface area contributed by atoms with Crippen LogP contribution in [-0.2, 0) is 4.79 Å². The Kier molecular flexibility index (Phi) is 5.33. The first-order valence-corrected chi connectivity index (χ1v) is 10.2. The lowest BCUT2D eigenvalue weighted by Gasteiger charge is -2.38. The lowest BCUT2D eigenvalue weighted by Crippen LogP contribution is -2.52. The molecule has 27 heavy (non-hydrogen) atoms. The number of aromatic nitrogens is 2. The molecule has 0 saturated carbocycles. The largest absolute Gasteiger partial charge is 0.352 e. The molecule has 0 unspecified atom stereocenters. The maximum atomic E-state index is 12.9. The highest BCUT2D eigenvalue weighted by molar-refractivity contribution is 7.12. The zero-order chi connectivity index (χ0) is 18.6. The van der Waals surface area contributed by atoms with E-state index in [4.69, 9.17) is 0 Å². The Morgan fingerprint density at radius 2 is 1.78 bits per heavy atom. The molecule has 4 heterocycles. The Morgan fingerprint density at radius 1 is 1.00 bits per heavy atom. The number of carbonyl (C=O) groups excluding carboxylic acids is 2. The van der Waals surface area contributed by atoms with Crippen molar-refractivity contribution < 1.29 is 9.59 Å². The number of amides is 2. The van der Waals surface area contributed by atoms with Gasteiger partial charge in [0, 0.05) is 57.6 Å². The monoisotopic (exact) mass is 385 g/mol. The molecule has 2 fully saturated rings. The second kappa shape index (κ2) is 8.04. The molecule has 0 atom stereocenters. The number of thiophene rings is 1. The maximum absolute atomic E-state index is 12.9. The quantitative estimate of drug-likeness (QED) is 0.805. The maximum Gasteiger partial charge on any atom is 0.263 e. The lowest BCUT2D eigenvalue weighted by molar-refractivity contribution is -0.137. The van der Waals surface area contributed by atoms with Gasteiger partial charge in [0.1, 0.15) is 5.82 Å². The second-order valence-electron chi connectivity index (χ2n) is 6.92. The Labute approximate surface area is 162 Å². The summed E-state index contributed by atoms with van der Waals surface area (Å²) in [4.78, 5) is 40.5.